The van der Waals surface area contributed by atoms with Crippen molar-refractivity contribution in [3.05, 3.63) is 125 Å². The lowest BCUT2D eigenvalue weighted by molar-refractivity contribution is -0.143. The van der Waals surface area contributed by atoms with Crippen molar-refractivity contribution >= 4 is 39.1 Å². The molecule has 0 spiro atoms. The van der Waals surface area contributed by atoms with Gasteiger partial charge in [-0.25, -0.2) is 12.8 Å². The third kappa shape index (κ3) is 9.79. The summed E-state index contributed by atoms with van der Waals surface area (Å²) in [7, 11) is -3.95. The highest BCUT2D eigenvalue weighted by Crippen LogP contribution is 2.26. The van der Waals surface area contributed by atoms with Crippen molar-refractivity contribution < 1.29 is 27.1 Å². The first-order valence-electron chi connectivity index (χ1n) is 14.5. The maximum atomic E-state index is 13.8. The molecule has 4 rings (SSSR count). The molecule has 45 heavy (non-hydrogen) atoms. The summed E-state index contributed by atoms with van der Waals surface area (Å²) in [5.41, 5.74) is 1.64. The van der Waals surface area contributed by atoms with Crippen LogP contribution in [0.2, 0.25) is 5.02 Å². The predicted octanol–water partition coefficient (Wildman–Crippen LogP) is 6.74. The Kier molecular flexibility index (Phi) is 11.9. The van der Waals surface area contributed by atoms with E-state index in [0.717, 1.165) is 37.0 Å². The average Bonchev–Trinajstić information content (AvgIpc) is 3.04. The molecule has 236 valence electrons. The summed E-state index contributed by atoms with van der Waals surface area (Å²) in [5, 5.41) is 3.53. The smallest absolute Gasteiger partial charge is 0.261 e. The van der Waals surface area contributed by atoms with Crippen molar-refractivity contribution in [3.8, 4) is 5.75 Å². The molecule has 0 saturated carbocycles. The summed E-state index contributed by atoms with van der Waals surface area (Å²) in [5.74, 6) is -0.973. The lowest BCUT2D eigenvalue weighted by Gasteiger charge is -2.31. The first-order valence-corrected chi connectivity index (χ1v) is 16.4. The lowest BCUT2D eigenvalue weighted by Crippen LogP contribution is -2.45. The number of amides is 2. The van der Waals surface area contributed by atoms with Crippen LogP contribution in [0.15, 0.2) is 108 Å². The van der Waals surface area contributed by atoms with Crippen LogP contribution < -0.4 is 14.8 Å². The van der Waals surface area contributed by atoms with E-state index in [9.17, 15) is 22.4 Å². The minimum atomic E-state index is -3.95. The van der Waals surface area contributed by atoms with Gasteiger partial charge in [0.1, 0.15) is 17.6 Å². The summed E-state index contributed by atoms with van der Waals surface area (Å²) in [4.78, 5) is 28.8. The fourth-order valence-corrected chi connectivity index (χ4v) is 5.76. The summed E-state index contributed by atoms with van der Waals surface area (Å²) < 4.78 is 46.9. The van der Waals surface area contributed by atoms with Crippen LogP contribution in [0.4, 0.5) is 10.1 Å². The molecular formula is C34H35ClFN3O5S. The van der Waals surface area contributed by atoms with Crippen molar-refractivity contribution in [2.24, 2.45) is 0 Å². The quantitative estimate of drug-likeness (QED) is 0.139. The van der Waals surface area contributed by atoms with Gasteiger partial charge in [0.2, 0.25) is 5.91 Å². The van der Waals surface area contributed by atoms with Gasteiger partial charge < -0.3 is 15.0 Å². The van der Waals surface area contributed by atoms with Crippen molar-refractivity contribution in [3.63, 3.8) is 0 Å². The highest BCUT2D eigenvalue weighted by Gasteiger charge is 2.31. The molecule has 11 heteroatoms. The van der Waals surface area contributed by atoms with Crippen LogP contribution in [-0.4, -0.2) is 38.3 Å². The Hall–Kier alpha value is -4.41. The van der Waals surface area contributed by atoms with Gasteiger partial charge in [0.15, 0.2) is 6.61 Å². The van der Waals surface area contributed by atoms with E-state index in [4.69, 9.17) is 16.3 Å². The maximum Gasteiger partial charge on any atom is 0.261 e. The summed E-state index contributed by atoms with van der Waals surface area (Å²) >= 11 is 6.09. The Morgan fingerprint density at radius 3 is 2.20 bits per heavy atom. The minimum absolute atomic E-state index is 0.0428. The molecule has 0 fully saturated rings. The second-order valence-corrected chi connectivity index (χ2v) is 12.5. The largest absolute Gasteiger partial charge is 0.484 e. The SMILES string of the molecule is CCCCCNC(=O)[C@H](c1ccccc1)N(Cc1ccc(Cl)cc1)C(=O)COc1ccc(S(=O)(=O)Nc2ccc(F)cc2)cc1. The van der Waals surface area contributed by atoms with Gasteiger partial charge in [0, 0.05) is 23.8 Å². The standard InChI is InChI=1S/C34H35ClFN3O5S/c1-2-3-7-22-37-34(41)33(26-8-5-4-6-9-26)39(23-25-10-12-27(35)13-11-25)32(40)24-44-30-18-20-31(21-19-30)45(42,43)38-29-16-14-28(36)15-17-29/h4-6,8-21,33,38H,2-3,7,22-24H2,1H3,(H,37,41)/t33-/m0/s1. The number of carbonyl (C=O) groups excluding carboxylic acids is 2. The zero-order chi connectivity index (χ0) is 32.2. The number of ether oxygens (including phenoxy) is 1. The van der Waals surface area contributed by atoms with Crippen molar-refractivity contribution in [1.29, 1.82) is 0 Å². The van der Waals surface area contributed by atoms with Crippen LogP contribution in [-0.2, 0) is 26.2 Å². The number of benzene rings is 4. The van der Waals surface area contributed by atoms with Crippen molar-refractivity contribution in [2.75, 3.05) is 17.9 Å². The molecule has 0 heterocycles. The molecule has 4 aromatic rings. The van der Waals surface area contributed by atoms with E-state index in [2.05, 4.69) is 17.0 Å². The number of hydrogen-bond donors (Lipinski definition) is 2. The van der Waals surface area contributed by atoms with Crippen molar-refractivity contribution in [2.45, 2.75) is 43.7 Å². The van der Waals surface area contributed by atoms with E-state index in [-0.39, 0.29) is 28.8 Å². The molecule has 8 nitrogen and oxygen atoms in total. The summed E-state index contributed by atoms with van der Waals surface area (Å²) in [6.45, 7) is 2.28. The highest BCUT2D eigenvalue weighted by molar-refractivity contribution is 7.92. The van der Waals surface area contributed by atoms with Gasteiger partial charge in [-0.3, -0.25) is 14.3 Å². The van der Waals surface area contributed by atoms with E-state index in [1.165, 1.54) is 41.3 Å². The molecule has 2 N–H and O–H groups in total. The fraction of sp³-hybridized carbons (Fsp3) is 0.235. The molecule has 0 bridgehead atoms. The molecule has 0 aliphatic carbocycles. The molecule has 4 aromatic carbocycles. The molecule has 0 unspecified atom stereocenters. The predicted molar refractivity (Wildman–Crippen MR) is 173 cm³/mol. The van der Waals surface area contributed by atoms with E-state index in [0.29, 0.717) is 17.1 Å². The van der Waals surface area contributed by atoms with Gasteiger partial charge in [-0.1, -0.05) is 73.8 Å². The third-order valence-electron chi connectivity index (χ3n) is 6.93. The van der Waals surface area contributed by atoms with Crippen LogP contribution >= 0.6 is 11.6 Å². The molecule has 0 radical (unpaired) electrons. The van der Waals surface area contributed by atoms with E-state index < -0.39 is 34.4 Å². The highest BCUT2D eigenvalue weighted by atomic mass is 35.5. The Bertz CT molecular complexity index is 1650. The van der Waals surface area contributed by atoms with E-state index in [1.54, 1.807) is 36.4 Å². The monoisotopic (exact) mass is 651 g/mol. The number of halogens is 2. The van der Waals surface area contributed by atoms with Crippen LogP contribution in [0.25, 0.3) is 0 Å². The zero-order valence-electron chi connectivity index (χ0n) is 24.8. The Balaban J connectivity index is 1.53. The number of carbonyl (C=O) groups is 2. The minimum Gasteiger partial charge on any atom is -0.484 e. The second kappa shape index (κ2) is 16.1. The van der Waals surface area contributed by atoms with Gasteiger partial charge in [-0.2, -0.15) is 0 Å². The van der Waals surface area contributed by atoms with Crippen LogP contribution in [0, 0.1) is 5.82 Å². The van der Waals surface area contributed by atoms with Crippen molar-refractivity contribution in [1.82, 2.24) is 10.2 Å². The Morgan fingerprint density at radius 2 is 1.56 bits per heavy atom. The summed E-state index contributed by atoms with van der Waals surface area (Å²) in [6.07, 6.45) is 2.80. The number of nitrogens with one attached hydrogen (secondary N) is 2. The number of nitrogens with zero attached hydrogens (tertiary/aromatic N) is 1. The first-order chi connectivity index (χ1) is 21.7. The maximum absolute atomic E-state index is 13.8. The number of unbranched alkanes of at least 4 members (excludes halogenated alkanes) is 2. The van der Waals surface area contributed by atoms with E-state index in [1.807, 2.05) is 18.2 Å². The average molecular weight is 652 g/mol. The van der Waals surface area contributed by atoms with Gasteiger partial charge in [0.25, 0.3) is 15.9 Å². The Labute approximate surface area is 268 Å². The molecule has 0 aliphatic rings. The first kappa shape index (κ1) is 33.5. The second-order valence-electron chi connectivity index (χ2n) is 10.3. The number of anilines is 1. The Morgan fingerprint density at radius 1 is 0.889 bits per heavy atom. The van der Waals surface area contributed by atoms with Gasteiger partial charge >= 0.3 is 0 Å². The topological polar surface area (TPSA) is 105 Å². The van der Waals surface area contributed by atoms with E-state index >= 15 is 0 Å². The molecular weight excluding hydrogens is 617 g/mol. The third-order valence-corrected chi connectivity index (χ3v) is 8.58. The van der Waals surface area contributed by atoms with Crippen LogP contribution in [0.5, 0.6) is 5.75 Å². The van der Waals surface area contributed by atoms with Gasteiger partial charge in [-0.15, -0.1) is 0 Å². The molecule has 0 aromatic heterocycles. The fourth-order valence-electron chi connectivity index (χ4n) is 4.58. The molecule has 0 aliphatic heterocycles. The van der Waals surface area contributed by atoms with Gasteiger partial charge in [-0.05, 0) is 78.2 Å². The molecule has 1 atom stereocenters. The number of hydrogen-bond acceptors (Lipinski definition) is 5. The molecule has 2 amide bonds. The zero-order valence-corrected chi connectivity index (χ0v) is 26.4. The molecule has 0 saturated heterocycles. The summed E-state index contributed by atoms with van der Waals surface area (Å²) in [6, 6.07) is 25.7. The van der Waals surface area contributed by atoms with Crippen LogP contribution in [0.1, 0.15) is 43.4 Å². The van der Waals surface area contributed by atoms with Gasteiger partial charge in [0.05, 0.1) is 4.90 Å². The normalized spacial score (nSPS) is 11.8. The number of sulfonamides is 1. The number of rotatable bonds is 15. The lowest BCUT2D eigenvalue weighted by atomic mass is 10.0. The van der Waals surface area contributed by atoms with Crippen LogP contribution in [0.3, 0.4) is 0 Å².